The molecule has 0 bridgehead atoms. The van der Waals surface area contributed by atoms with Crippen molar-refractivity contribution in [2.75, 3.05) is 5.32 Å². The molecule has 0 spiro atoms. The minimum Gasteiger partial charge on any atom is -0.467 e. The SMILES string of the molecule is FC(F)(F)c1cccc(NCc2ccco2)c1. The summed E-state index contributed by atoms with van der Waals surface area (Å²) >= 11 is 0. The highest BCUT2D eigenvalue weighted by Crippen LogP contribution is 2.30. The van der Waals surface area contributed by atoms with E-state index in [1.54, 1.807) is 18.2 Å². The van der Waals surface area contributed by atoms with Gasteiger partial charge in [-0.2, -0.15) is 13.2 Å². The average Bonchev–Trinajstić information content (AvgIpc) is 2.78. The summed E-state index contributed by atoms with van der Waals surface area (Å²) < 4.78 is 42.4. The van der Waals surface area contributed by atoms with Crippen LogP contribution in [-0.2, 0) is 12.7 Å². The van der Waals surface area contributed by atoms with Gasteiger partial charge < -0.3 is 9.73 Å². The zero-order chi connectivity index (χ0) is 12.3. The zero-order valence-electron chi connectivity index (χ0n) is 8.79. The number of hydrogen-bond acceptors (Lipinski definition) is 2. The number of halogens is 3. The Hall–Kier alpha value is -1.91. The van der Waals surface area contributed by atoms with Crippen molar-refractivity contribution in [3.8, 4) is 0 Å². The van der Waals surface area contributed by atoms with Gasteiger partial charge in [0.15, 0.2) is 0 Å². The molecule has 0 aliphatic heterocycles. The third-order valence-corrected chi connectivity index (χ3v) is 2.24. The van der Waals surface area contributed by atoms with E-state index in [1.165, 1.54) is 12.3 Å². The highest BCUT2D eigenvalue weighted by molar-refractivity contribution is 5.46. The van der Waals surface area contributed by atoms with E-state index in [0.29, 0.717) is 18.0 Å². The van der Waals surface area contributed by atoms with Crippen LogP contribution in [0, 0.1) is 0 Å². The van der Waals surface area contributed by atoms with Crippen molar-refractivity contribution >= 4 is 5.69 Å². The van der Waals surface area contributed by atoms with Gasteiger partial charge in [-0.3, -0.25) is 0 Å². The molecule has 1 heterocycles. The van der Waals surface area contributed by atoms with Crippen LogP contribution in [0.1, 0.15) is 11.3 Å². The second-order valence-electron chi connectivity index (χ2n) is 3.51. The molecule has 2 nitrogen and oxygen atoms in total. The fraction of sp³-hybridized carbons (Fsp3) is 0.167. The molecule has 2 aromatic rings. The first-order chi connectivity index (χ1) is 8.05. The molecule has 5 heteroatoms. The Kier molecular flexibility index (Phi) is 3.08. The smallest absolute Gasteiger partial charge is 0.416 e. The van der Waals surface area contributed by atoms with Crippen LogP contribution in [0.4, 0.5) is 18.9 Å². The molecule has 0 saturated carbocycles. The van der Waals surface area contributed by atoms with E-state index in [9.17, 15) is 13.2 Å². The summed E-state index contributed by atoms with van der Waals surface area (Å²) in [4.78, 5) is 0. The summed E-state index contributed by atoms with van der Waals surface area (Å²) in [6, 6.07) is 8.54. The van der Waals surface area contributed by atoms with E-state index in [-0.39, 0.29) is 0 Å². The lowest BCUT2D eigenvalue weighted by molar-refractivity contribution is -0.137. The summed E-state index contributed by atoms with van der Waals surface area (Å²) in [5.41, 5.74) is -0.252. The van der Waals surface area contributed by atoms with E-state index in [1.807, 2.05) is 0 Å². The Balaban J connectivity index is 2.07. The van der Waals surface area contributed by atoms with Crippen LogP contribution >= 0.6 is 0 Å². The van der Waals surface area contributed by atoms with Crippen molar-refractivity contribution in [3.05, 3.63) is 54.0 Å². The Morgan fingerprint density at radius 2 is 1.94 bits per heavy atom. The molecule has 1 aromatic heterocycles. The predicted octanol–water partition coefficient (Wildman–Crippen LogP) is 3.91. The van der Waals surface area contributed by atoms with Crippen molar-refractivity contribution in [2.45, 2.75) is 12.7 Å². The molecule has 0 aliphatic rings. The number of alkyl halides is 3. The van der Waals surface area contributed by atoms with E-state index >= 15 is 0 Å². The standard InChI is InChI=1S/C12H10F3NO/c13-12(14,15)9-3-1-4-10(7-9)16-8-11-5-2-6-17-11/h1-7,16H,8H2. The molecular weight excluding hydrogens is 231 g/mol. The molecule has 0 radical (unpaired) electrons. The minimum absolute atomic E-state index is 0.355. The molecule has 1 N–H and O–H groups in total. The second-order valence-corrected chi connectivity index (χ2v) is 3.51. The number of anilines is 1. The number of furan rings is 1. The largest absolute Gasteiger partial charge is 0.467 e. The molecule has 2 rings (SSSR count). The molecular formula is C12H10F3NO. The summed E-state index contributed by atoms with van der Waals surface area (Å²) in [5, 5.41) is 2.87. The van der Waals surface area contributed by atoms with Crippen molar-refractivity contribution in [3.63, 3.8) is 0 Å². The van der Waals surface area contributed by atoms with Gasteiger partial charge in [-0.1, -0.05) is 6.07 Å². The van der Waals surface area contributed by atoms with Gasteiger partial charge in [-0.15, -0.1) is 0 Å². The minimum atomic E-state index is -4.32. The maximum Gasteiger partial charge on any atom is 0.416 e. The first-order valence-electron chi connectivity index (χ1n) is 4.99. The highest BCUT2D eigenvalue weighted by atomic mass is 19.4. The molecule has 0 saturated heterocycles. The number of nitrogens with one attached hydrogen (secondary N) is 1. The fourth-order valence-electron chi connectivity index (χ4n) is 1.41. The maximum absolute atomic E-state index is 12.4. The van der Waals surface area contributed by atoms with Crippen LogP contribution in [-0.4, -0.2) is 0 Å². The normalized spacial score (nSPS) is 11.5. The van der Waals surface area contributed by atoms with Crippen LogP contribution < -0.4 is 5.32 Å². The van der Waals surface area contributed by atoms with Gasteiger partial charge in [-0.05, 0) is 30.3 Å². The zero-order valence-corrected chi connectivity index (χ0v) is 8.79. The summed E-state index contributed by atoms with van der Waals surface area (Å²) in [5.74, 6) is 0.669. The number of hydrogen-bond donors (Lipinski definition) is 1. The molecule has 90 valence electrons. The number of rotatable bonds is 3. The van der Waals surface area contributed by atoms with Gasteiger partial charge in [0.2, 0.25) is 0 Å². The maximum atomic E-state index is 12.4. The summed E-state index contributed by atoms with van der Waals surface area (Å²) in [7, 11) is 0. The Morgan fingerprint density at radius 1 is 1.12 bits per heavy atom. The highest BCUT2D eigenvalue weighted by Gasteiger charge is 2.30. The van der Waals surface area contributed by atoms with Crippen LogP contribution in [0.25, 0.3) is 0 Å². The van der Waals surface area contributed by atoms with Gasteiger partial charge in [0.05, 0.1) is 18.4 Å². The predicted molar refractivity (Wildman–Crippen MR) is 57.5 cm³/mol. The fourth-order valence-corrected chi connectivity index (χ4v) is 1.41. The van der Waals surface area contributed by atoms with Gasteiger partial charge in [0, 0.05) is 5.69 Å². The third-order valence-electron chi connectivity index (χ3n) is 2.24. The van der Waals surface area contributed by atoms with E-state index in [4.69, 9.17) is 4.42 Å². The van der Waals surface area contributed by atoms with E-state index in [2.05, 4.69) is 5.32 Å². The van der Waals surface area contributed by atoms with Crippen LogP contribution in [0.3, 0.4) is 0 Å². The van der Waals surface area contributed by atoms with Gasteiger partial charge >= 0.3 is 6.18 Å². The van der Waals surface area contributed by atoms with Gasteiger partial charge in [0.1, 0.15) is 5.76 Å². The summed E-state index contributed by atoms with van der Waals surface area (Å²) in [6.45, 7) is 0.355. The number of benzene rings is 1. The van der Waals surface area contributed by atoms with Crippen molar-refractivity contribution in [1.29, 1.82) is 0 Å². The lowest BCUT2D eigenvalue weighted by Crippen LogP contribution is -2.06. The average molecular weight is 241 g/mol. The molecule has 1 aromatic carbocycles. The molecule has 0 amide bonds. The summed E-state index contributed by atoms with van der Waals surface area (Å²) in [6.07, 6.45) is -2.80. The quantitative estimate of drug-likeness (QED) is 0.881. The van der Waals surface area contributed by atoms with Crippen molar-refractivity contribution in [2.24, 2.45) is 0 Å². The van der Waals surface area contributed by atoms with Crippen LogP contribution in [0.15, 0.2) is 47.1 Å². The third kappa shape index (κ3) is 3.03. The Bertz CT molecular complexity index is 477. The lowest BCUT2D eigenvalue weighted by atomic mass is 10.2. The molecule has 0 fully saturated rings. The van der Waals surface area contributed by atoms with E-state index < -0.39 is 11.7 Å². The van der Waals surface area contributed by atoms with Gasteiger partial charge in [-0.25, -0.2) is 0 Å². The topological polar surface area (TPSA) is 25.2 Å². The molecule has 17 heavy (non-hydrogen) atoms. The van der Waals surface area contributed by atoms with E-state index in [0.717, 1.165) is 12.1 Å². The van der Waals surface area contributed by atoms with Crippen molar-refractivity contribution in [1.82, 2.24) is 0 Å². The first kappa shape index (κ1) is 11.6. The monoisotopic (exact) mass is 241 g/mol. The molecule has 0 aliphatic carbocycles. The Morgan fingerprint density at radius 3 is 2.59 bits per heavy atom. The lowest BCUT2D eigenvalue weighted by Gasteiger charge is -2.09. The second kappa shape index (κ2) is 4.53. The van der Waals surface area contributed by atoms with Crippen LogP contribution in [0.2, 0.25) is 0 Å². The van der Waals surface area contributed by atoms with Gasteiger partial charge in [0.25, 0.3) is 0 Å². The first-order valence-corrected chi connectivity index (χ1v) is 4.99. The molecule has 0 atom stereocenters. The van der Waals surface area contributed by atoms with Crippen LogP contribution in [0.5, 0.6) is 0 Å². The Labute approximate surface area is 96.1 Å². The van der Waals surface area contributed by atoms with Crippen molar-refractivity contribution < 1.29 is 17.6 Å². The molecule has 0 unspecified atom stereocenters.